The first kappa shape index (κ1) is 20.7. The van der Waals surface area contributed by atoms with E-state index in [1.54, 1.807) is 36.4 Å². The van der Waals surface area contributed by atoms with Crippen molar-refractivity contribution in [2.75, 3.05) is 25.1 Å². The van der Waals surface area contributed by atoms with Crippen LogP contribution in [0.2, 0.25) is 0 Å². The Morgan fingerprint density at radius 2 is 1.81 bits per heavy atom. The van der Waals surface area contributed by atoms with E-state index in [2.05, 4.69) is 4.98 Å². The van der Waals surface area contributed by atoms with Crippen molar-refractivity contribution < 1.29 is 22.7 Å². The molecule has 0 spiro atoms. The van der Waals surface area contributed by atoms with E-state index in [9.17, 15) is 13.2 Å². The van der Waals surface area contributed by atoms with Crippen LogP contribution in [-0.4, -0.2) is 50.0 Å². The van der Waals surface area contributed by atoms with Crippen LogP contribution < -0.4 is 9.64 Å². The maximum atomic E-state index is 13.4. The number of para-hydroxylation sites is 2. The molecule has 0 radical (unpaired) electrons. The molecule has 2 aromatic carbocycles. The number of carbonyl (C=O) groups excluding carboxylic acids is 1. The number of hydrogen-bond donors (Lipinski definition) is 0. The van der Waals surface area contributed by atoms with E-state index in [1.165, 1.54) is 4.31 Å². The maximum Gasteiger partial charge on any atom is 0.415 e. The van der Waals surface area contributed by atoms with Crippen LogP contribution in [-0.2, 0) is 21.4 Å². The van der Waals surface area contributed by atoms with Gasteiger partial charge in [-0.25, -0.2) is 13.2 Å². The van der Waals surface area contributed by atoms with Crippen LogP contribution in [0.3, 0.4) is 0 Å². The Morgan fingerprint density at radius 1 is 1.06 bits per heavy atom. The largest absolute Gasteiger partial charge is 0.495 e. The lowest BCUT2D eigenvalue weighted by atomic mass is 10.0. The number of nitrogens with zero attached hydrogens (tertiary/aromatic N) is 3. The molecule has 3 aromatic rings. The smallest absolute Gasteiger partial charge is 0.415 e. The number of carbonyl (C=O) groups is 1. The molecule has 1 fully saturated rings. The van der Waals surface area contributed by atoms with E-state index in [-0.39, 0.29) is 17.5 Å². The van der Waals surface area contributed by atoms with Gasteiger partial charge < -0.3 is 9.47 Å². The predicted molar refractivity (Wildman–Crippen MR) is 119 cm³/mol. The molecule has 0 bridgehead atoms. The van der Waals surface area contributed by atoms with Crippen LogP contribution in [0.5, 0.6) is 5.75 Å². The van der Waals surface area contributed by atoms with Crippen LogP contribution in [0.4, 0.5) is 10.5 Å². The zero-order chi connectivity index (χ0) is 22.3. The van der Waals surface area contributed by atoms with Crippen molar-refractivity contribution in [3.63, 3.8) is 0 Å². The molecule has 2 aliphatic heterocycles. The molecule has 8 nitrogen and oxygen atoms in total. The average Bonchev–Trinajstić information content (AvgIpc) is 2.83. The number of cyclic esters (lactones) is 1. The summed E-state index contributed by atoms with van der Waals surface area (Å²) in [5.74, 6) is 0.607. The summed E-state index contributed by atoms with van der Waals surface area (Å²) >= 11 is 0. The highest BCUT2D eigenvalue weighted by atomic mass is 32.2. The van der Waals surface area contributed by atoms with Gasteiger partial charge in [0, 0.05) is 36.3 Å². The first-order chi connectivity index (χ1) is 15.5. The highest BCUT2D eigenvalue weighted by Crippen LogP contribution is 2.39. The first-order valence-electron chi connectivity index (χ1n) is 10.5. The second kappa shape index (κ2) is 8.07. The molecule has 1 saturated heterocycles. The minimum Gasteiger partial charge on any atom is -0.495 e. The Bertz CT molecular complexity index is 1270. The lowest BCUT2D eigenvalue weighted by molar-refractivity contribution is 0.135. The van der Waals surface area contributed by atoms with E-state index >= 15 is 0 Å². The van der Waals surface area contributed by atoms with Crippen molar-refractivity contribution in [3.8, 4) is 5.75 Å². The van der Waals surface area contributed by atoms with Crippen molar-refractivity contribution >= 4 is 32.7 Å². The lowest BCUT2D eigenvalue weighted by Gasteiger charge is -2.40. The fraction of sp³-hybridized carbons (Fsp3) is 0.304. The number of ether oxygens (including phenoxy) is 2. The standard InChI is InChI=1S/C23H23N3O5S/c1-30-19-8-2-6-17-15-31-23(27)26(22(17)19)18-10-13-25(14-11-18)32(28,29)20-9-3-5-16-7-4-12-24-21(16)20/h2-9,12,18H,10-11,13-15H2,1H3. The zero-order valence-electron chi connectivity index (χ0n) is 17.6. The second-order valence-electron chi connectivity index (χ2n) is 7.86. The van der Waals surface area contributed by atoms with E-state index in [1.807, 2.05) is 30.3 Å². The Balaban J connectivity index is 1.41. The molecule has 166 valence electrons. The van der Waals surface area contributed by atoms with Gasteiger partial charge in [0.2, 0.25) is 10.0 Å². The average molecular weight is 454 g/mol. The molecule has 0 aliphatic carbocycles. The summed E-state index contributed by atoms with van der Waals surface area (Å²) in [6, 6.07) is 14.2. The monoisotopic (exact) mass is 453 g/mol. The number of sulfonamides is 1. The number of piperidine rings is 1. The number of anilines is 1. The third-order valence-corrected chi connectivity index (χ3v) is 8.02. The Labute approximate surface area is 186 Å². The predicted octanol–water partition coefficient (Wildman–Crippen LogP) is 3.55. The lowest BCUT2D eigenvalue weighted by Crippen LogP contribution is -2.50. The van der Waals surface area contributed by atoms with Crippen LogP contribution in [0.25, 0.3) is 10.9 Å². The number of amides is 1. The van der Waals surface area contributed by atoms with Crippen LogP contribution in [0, 0.1) is 0 Å². The molecule has 3 heterocycles. The van der Waals surface area contributed by atoms with E-state index in [0.717, 1.165) is 10.9 Å². The fourth-order valence-electron chi connectivity index (χ4n) is 4.52. The maximum absolute atomic E-state index is 13.4. The van der Waals surface area contributed by atoms with E-state index in [0.29, 0.717) is 42.9 Å². The molecule has 1 amide bonds. The molecular weight excluding hydrogens is 430 g/mol. The number of pyridine rings is 1. The summed E-state index contributed by atoms with van der Waals surface area (Å²) in [5.41, 5.74) is 2.06. The molecule has 0 atom stereocenters. The minimum atomic E-state index is -3.72. The number of fused-ring (bicyclic) bond motifs is 2. The topological polar surface area (TPSA) is 89.0 Å². The van der Waals surface area contributed by atoms with Crippen LogP contribution in [0.1, 0.15) is 18.4 Å². The van der Waals surface area contributed by atoms with Gasteiger partial charge in [-0.3, -0.25) is 9.88 Å². The normalized spacial score (nSPS) is 17.8. The molecule has 32 heavy (non-hydrogen) atoms. The quantitative estimate of drug-likeness (QED) is 0.600. The van der Waals surface area contributed by atoms with Gasteiger partial charge in [-0.05, 0) is 31.0 Å². The number of benzene rings is 2. The van der Waals surface area contributed by atoms with Crippen molar-refractivity contribution in [2.45, 2.75) is 30.4 Å². The number of methoxy groups -OCH3 is 1. The highest BCUT2D eigenvalue weighted by Gasteiger charge is 2.38. The summed E-state index contributed by atoms with van der Waals surface area (Å²) < 4.78 is 39.2. The van der Waals surface area contributed by atoms with Gasteiger partial charge >= 0.3 is 6.09 Å². The Kier molecular flexibility index (Phi) is 5.22. The van der Waals surface area contributed by atoms with Gasteiger partial charge in [-0.1, -0.05) is 30.3 Å². The van der Waals surface area contributed by atoms with Crippen molar-refractivity contribution in [3.05, 3.63) is 60.3 Å². The van der Waals surface area contributed by atoms with Gasteiger partial charge in [0.15, 0.2) is 0 Å². The highest BCUT2D eigenvalue weighted by molar-refractivity contribution is 7.89. The van der Waals surface area contributed by atoms with E-state index < -0.39 is 16.1 Å². The molecule has 5 rings (SSSR count). The summed E-state index contributed by atoms with van der Waals surface area (Å²) in [6.45, 7) is 0.790. The van der Waals surface area contributed by atoms with Gasteiger partial charge in [0.25, 0.3) is 0 Å². The number of rotatable bonds is 4. The summed E-state index contributed by atoms with van der Waals surface area (Å²) in [4.78, 5) is 18.8. The summed E-state index contributed by atoms with van der Waals surface area (Å²) in [5, 5.41) is 0.781. The molecule has 0 saturated carbocycles. The fourth-order valence-corrected chi connectivity index (χ4v) is 6.15. The molecule has 1 aromatic heterocycles. The van der Waals surface area contributed by atoms with Crippen molar-refractivity contribution in [2.24, 2.45) is 0 Å². The third-order valence-electron chi connectivity index (χ3n) is 6.09. The third kappa shape index (κ3) is 3.37. The first-order valence-corrected chi connectivity index (χ1v) is 11.9. The van der Waals surface area contributed by atoms with Gasteiger partial charge in [-0.15, -0.1) is 0 Å². The zero-order valence-corrected chi connectivity index (χ0v) is 18.4. The Hall–Kier alpha value is -3.17. The van der Waals surface area contributed by atoms with Crippen molar-refractivity contribution in [1.82, 2.24) is 9.29 Å². The number of hydrogen-bond acceptors (Lipinski definition) is 6. The van der Waals surface area contributed by atoms with Crippen LogP contribution >= 0.6 is 0 Å². The second-order valence-corrected chi connectivity index (χ2v) is 9.77. The molecule has 9 heteroatoms. The van der Waals surface area contributed by atoms with E-state index in [4.69, 9.17) is 9.47 Å². The van der Waals surface area contributed by atoms with Gasteiger partial charge in [0.05, 0.1) is 18.3 Å². The van der Waals surface area contributed by atoms with Crippen molar-refractivity contribution in [1.29, 1.82) is 0 Å². The SMILES string of the molecule is COc1cccc2c1N(C1CCN(S(=O)(=O)c3cccc4cccnc34)CC1)C(=O)OC2. The molecule has 0 unspecified atom stereocenters. The van der Waals surface area contributed by atoms with Crippen LogP contribution in [0.15, 0.2) is 59.6 Å². The minimum absolute atomic E-state index is 0.185. The molecule has 2 aliphatic rings. The summed E-state index contributed by atoms with van der Waals surface area (Å²) in [6.07, 6.45) is 2.15. The van der Waals surface area contributed by atoms with Gasteiger partial charge in [0.1, 0.15) is 17.3 Å². The number of aromatic nitrogens is 1. The Morgan fingerprint density at radius 3 is 2.59 bits per heavy atom. The van der Waals surface area contributed by atoms with Gasteiger partial charge in [-0.2, -0.15) is 4.31 Å². The molecule has 0 N–H and O–H groups in total. The summed E-state index contributed by atoms with van der Waals surface area (Å²) in [7, 11) is -2.15. The molecular formula is C23H23N3O5S.